The van der Waals surface area contributed by atoms with Crippen molar-refractivity contribution in [3.05, 3.63) is 16.1 Å². The Kier molecular flexibility index (Phi) is 3.45. The molecule has 0 spiro atoms. The van der Waals surface area contributed by atoms with Crippen LogP contribution in [0.4, 0.5) is 0 Å². The Balaban J connectivity index is 1.51. The van der Waals surface area contributed by atoms with Crippen LogP contribution in [0.25, 0.3) is 0 Å². The lowest BCUT2D eigenvalue weighted by molar-refractivity contribution is 0.228. The Morgan fingerprint density at radius 3 is 2.82 bits per heavy atom. The van der Waals surface area contributed by atoms with Gasteiger partial charge in [0, 0.05) is 29.6 Å². The number of rotatable bonds is 6. The van der Waals surface area contributed by atoms with Crippen molar-refractivity contribution >= 4 is 11.3 Å². The van der Waals surface area contributed by atoms with E-state index in [0.717, 1.165) is 12.5 Å². The molecule has 1 aromatic rings. The minimum atomic E-state index is 0.263. The molecule has 2 aliphatic rings. The van der Waals surface area contributed by atoms with Crippen molar-refractivity contribution in [2.24, 2.45) is 5.92 Å². The van der Waals surface area contributed by atoms with Gasteiger partial charge in [-0.25, -0.2) is 4.98 Å². The minimum Gasteiger partial charge on any atom is -0.395 e. The molecule has 0 radical (unpaired) electrons. The molecular formula is C13H20N2OS. The molecule has 0 bridgehead atoms. The van der Waals surface area contributed by atoms with Crippen LogP contribution >= 0.6 is 11.3 Å². The van der Waals surface area contributed by atoms with Crippen LogP contribution in [0.15, 0.2) is 6.20 Å². The van der Waals surface area contributed by atoms with Crippen LogP contribution in [0.1, 0.15) is 47.9 Å². The second kappa shape index (κ2) is 5.04. The van der Waals surface area contributed by atoms with Gasteiger partial charge in [0.05, 0.1) is 11.6 Å². The van der Waals surface area contributed by atoms with Gasteiger partial charge in [0.15, 0.2) is 0 Å². The van der Waals surface area contributed by atoms with Crippen LogP contribution in [-0.2, 0) is 6.54 Å². The van der Waals surface area contributed by atoms with E-state index >= 15 is 0 Å². The van der Waals surface area contributed by atoms with E-state index in [1.165, 1.54) is 42.0 Å². The summed E-state index contributed by atoms with van der Waals surface area (Å²) < 4.78 is 0. The Morgan fingerprint density at radius 1 is 1.41 bits per heavy atom. The van der Waals surface area contributed by atoms with Crippen LogP contribution < -0.4 is 5.32 Å². The van der Waals surface area contributed by atoms with E-state index in [1.54, 1.807) is 0 Å². The average Bonchev–Trinajstić information content (AvgIpc) is 2.99. The van der Waals surface area contributed by atoms with Gasteiger partial charge < -0.3 is 10.4 Å². The molecule has 4 heteroatoms. The molecule has 0 unspecified atom stereocenters. The molecule has 2 saturated carbocycles. The molecule has 2 N–H and O–H groups in total. The third-order valence-corrected chi connectivity index (χ3v) is 5.11. The van der Waals surface area contributed by atoms with Crippen LogP contribution in [-0.4, -0.2) is 22.7 Å². The van der Waals surface area contributed by atoms with Crippen LogP contribution in [0.2, 0.25) is 0 Å². The van der Waals surface area contributed by atoms with Gasteiger partial charge in [-0.3, -0.25) is 0 Å². The summed E-state index contributed by atoms with van der Waals surface area (Å²) in [6.07, 6.45) is 8.56. The third-order valence-electron chi connectivity index (χ3n) is 3.95. The van der Waals surface area contributed by atoms with Crippen LogP contribution in [0.5, 0.6) is 0 Å². The summed E-state index contributed by atoms with van der Waals surface area (Å²) in [6.45, 7) is 1.13. The molecule has 2 aliphatic carbocycles. The molecule has 3 nitrogen and oxygen atoms in total. The van der Waals surface area contributed by atoms with E-state index in [1.807, 2.05) is 17.5 Å². The topological polar surface area (TPSA) is 45.1 Å². The molecule has 2 fully saturated rings. The van der Waals surface area contributed by atoms with Crippen LogP contribution in [0.3, 0.4) is 0 Å². The molecule has 1 heterocycles. The zero-order valence-corrected chi connectivity index (χ0v) is 10.9. The van der Waals surface area contributed by atoms with Crippen molar-refractivity contribution in [2.75, 3.05) is 6.61 Å². The zero-order valence-electron chi connectivity index (χ0n) is 10.1. The van der Waals surface area contributed by atoms with Crippen molar-refractivity contribution in [3.63, 3.8) is 0 Å². The van der Waals surface area contributed by atoms with Gasteiger partial charge in [-0.2, -0.15) is 0 Å². The summed E-state index contributed by atoms with van der Waals surface area (Å²) in [7, 11) is 0. The van der Waals surface area contributed by atoms with Gasteiger partial charge in [-0.05, 0) is 31.6 Å². The van der Waals surface area contributed by atoms with Gasteiger partial charge in [0.2, 0.25) is 0 Å². The minimum absolute atomic E-state index is 0.263. The average molecular weight is 252 g/mol. The third kappa shape index (κ3) is 2.69. The van der Waals surface area contributed by atoms with Gasteiger partial charge in [-0.1, -0.05) is 6.42 Å². The first kappa shape index (κ1) is 11.6. The summed E-state index contributed by atoms with van der Waals surface area (Å²) in [5, 5.41) is 14.1. The second-order valence-corrected chi connectivity index (χ2v) is 6.45. The molecule has 1 atom stereocenters. The zero-order chi connectivity index (χ0) is 11.7. The Bertz CT molecular complexity index is 371. The van der Waals surface area contributed by atoms with Crippen molar-refractivity contribution in [2.45, 2.75) is 50.6 Å². The lowest BCUT2D eigenvalue weighted by Gasteiger charge is -2.22. The quantitative estimate of drug-likeness (QED) is 0.816. The maximum atomic E-state index is 9.28. The standard InChI is InChI=1S/C13H20N2OS/c16-8-12(9-4-5-9)14-6-11-7-15-13(17-11)10-2-1-3-10/h7,9-10,12,14,16H,1-6,8H2/t12-/m1/s1. The van der Waals surface area contributed by atoms with Crippen molar-refractivity contribution in [1.29, 1.82) is 0 Å². The van der Waals surface area contributed by atoms with Crippen LogP contribution in [0, 0.1) is 5.92 Å². The van der Waals surface area contributed by atoms with E-state index < -0.39 is 0 Å². The van der Waals surface area contributed by atoms with Gasteiger partial charge in [-0.15, -0.1) is 11.3 Å². The normalized spacial score (nSPS) is 22.4. The van der Waals surface area contributed by atoms with E-state index in [9.17, 15) is 5.11 Å². The van der Waals surface area contributed by atoms with Gasteiger partial charge >= 0.3 is 0 Å². The largest absolute Gasteiger partial charge is 0.395 e. The Hall–Kier alpha value is -0.450. The van der Waals surface area contributed by atoms with E-state index in [-0.39, 0.29) is 6.61 Å². The molecule has 0 saturated heterocycles. The summed E-state index contributed by atoms with van der Waals surface area (Å²) in [5.74, 6) is 1.45. The number of aromatic nitrogens is 1. The SMILES string of the molecule is OC[C@@H](NCc1cnc(C2CCC2)s1)C1CC1. The maximum absolute atomic E-state index is 9.28. The monoisotopic (exact) mass is 252 g/mol. The lowest BCUT2D eigenvalue weighted by atomic mass is 9.86. The predicted molar refractivity (Wildman–Crippen MR) is 69.1 cm³/mol. The summed E-state index contributed by atoms with van der Waals surface area (Å²) in [6, 6.07) is 0.296. The van der Waals surface area contributed by atoms with Gasteiger partial charge in [0.25, 0.3) is 0 Å². The van der Waals surface area contributed by atoms with Crippen molar-refractivity contribution in [1.82, 2.24) is 10.3 Å². The predicted octanol–water partition coefficient (Wildman–Crippen LogP) is 2.27. The number of nitrogens with zero attached hydrogens (tertiary/aromatic N) is 1. The highest BCUT2D eigenvalue weighted by Crippen LogP contribution is 2.38. The number of hydrogen-bond acceptors (Lipinski definition) is 4. The Morgan fingerprint density at radius 2 is 2.24 bits per heavy atom. The maximum Gasteiger partial charge on any atom is 0.0959 e. The highest BCUT2D eigenvalue weighted by molar-refractivity contribution is 7.11. The molecule has 94 valence electrons. The first-order chi connectivity index (χ1) is 8.36. The number of aliphatic hydroxyl groups excluding tert-OH is 1. The summed E-state index contributed by atoms with van der Waals surface area (Å²) in [5.41, 5.74) is 0. The van der Waals surface area contributed by atoms with Gasteiger partial charge in [0.1, 0.15) is 0 Å². The summed E-state index contributed by atoms with van der Waals surface area (Å²) >= 11 is 1.85. The Labute approximate surface area is 106 Å². The smallest absolute Gasteiger partial charge is 0.0959 e. The lowest BCUT2D eigenvalue weighted by Crippen LogP contribution is -2.33. The van der Waals surface area contributed by atoms with Crippen molar-refractivity contribution in [3.8, 4) is 0 Å². The highest BCUT2D eigenvalue weighted by Gasteiger charge is 2.30. The molecular weight excluding hydrogens is 232 g/mol. The van der Waals surface area contributed by atoms with E-state index in [4.69, 9.17) is 0 Å². The molecule has 0 amide bonds. The fraction of sp³-hybridized carbons (Fsp3) is 0.769. The first-order valence-corrected chi connectivity index (χ1v) is 7.47. The fourth-order valence-electron chi connectivity index (χ4n) is 2.36. The molecule has 1 aromatic heterocycles. The number of nitrogens with one attached hydrogen (secondary N) is 1. The fourth-order valence-corrected chi connectivity index (χ4v) is 3.40. The molecule has 0 aliphatic heterocycles. The summed E-state index contributed by atoms with van der Waals surface area (Å²) in [4.78, 5) is 5.83. The molecule has 17 heavy (non-hydrogen) atoms. The van der Waals surface area contributed by atoms with Crippen molar-refractivity contribution < 1.29 is 5.11 Å². The highest BCUT2D eigenvalue weighted by atomic mass is 32.1. The number of thiazole rings is 1. The molecule has 0 aromatic carbocycles. The van der Waals surface area contributed by atoms with E-state index in [2.05, 4.69) is 10.3 Å². The first-order valence-electron chi connectivity index (χ1n) is 6.65. The number of hydrogen-bond donors (Lipinski definition) is 2. The number of aliphatic hydroxyl groups is 1. The van der Waals surface area contributed by atoms with E-state index in [0.29, 0.717) is 12.0 Å². The second-order valence-electron chi connectivity index (χ2n) is 5.30. The molecule has 3 rings (SSSR count).